The average molecular weight is 242 g/mol. The highest BCUT2D eigenvalue weighted by Gasteiger charge is 2.35. The molecule has 0 aromatic carbocycles. The molecule has 0 heterocycles. The van der Waals surface area contributed by atoms with Crippen LogP contribution < -0.4 is 5.32 Å². The van der Waals surface area contributed by atoms with Crippen LogP contribution >= 0.6 is 0 Å². The first-order chi connectivity index (χ1) is 7.92. The summed E-state index contributed by atoms with van der Waals surface area (Å²) < 4.78 is 4.86. The Hall–Kier alpha value is -0.610. The van der Waals surface area contributed by atoms with Crippen molar-refractivity contribution >= 4 is 5.97 Å². The van der Waals surface area contributed by atoms with Gasteiger partial charge < -0.3 is 15.0 Å². The Labute approximate surface area is 105 Å². The summed E-state index contributed by atoms with van der Waals surface area (Å²) in [4.78, 5) is 14.1. The van der Waals surface area contributed by atoms with E-state index in [1.165, 1.54) is 20.0 Å². The molecular formula is C13H26N2O2. The van der Waals surface area contributed by atoms with Crippen molar-refractivity contribution in [1.29, 1.82) is 0 Å². The van der Waals surface area contributed by atoms with E-state index in [9.17, 15) is 4.79 Å². The molecule has 4 nitrogen and oxygen atoms in total. The average Bonchev–Trinajstić information content (AvgIpc) is 3.11. The normalized spacial score (nSPS) is 21.1. The van der Waals surface area contributed by atoms with Crippen LogP contribution in [0.15, 0.2) is 0 Å². The molecule has 0 radical (unpaired) electrons. The molecule has 1 saturated carbocycles. The van der Waals surface area contributed by atoms with E-state index in [1.54, 1.807) is 0 Å². The molecule has 1 aliphatic rings. The van der Waals surface area contributed by atoms with Crippen LogP contribution in [0.5, 0.6) is 0 Å². The molecule has 0 saturated heterocycles. The molecule has 2 atom stereocenters. The van der Waals surface area contributed by atoms with Crippen molar-refractivity contribution in [3.05, 3.63) is 0 Å². The van der Waals surface area contributed by atoms with E-state index in [-0.39, 0.29) is 5.97 Å². The predicted molar refractivity (Wildman–Crippen MR) is 68.9 cm³/mol. The number of hydrogen-bond acceptors (Lipinski definition) is 4. The van der Waals surface area contributed by atoms with E-state index >= 15 is 0 Å². The van der Waals surface area contributed by atoms with E-state index in [0.717, 1.165) is 18.9 Å². The molecular weight excluding hydrogens is 216 g/mol. The maximum atomic E-state index is 11.8. The van der Waals surface area contributed by atoms with Gasteiger partial charge in [-0.15, -0.1) is 0 Å². The number of carbonyl (C=O) groups excluding carboxylic acids is 1. The van der Waals surface area contributed by atoms with Crippen molar-refractivity contribution < 1.29 is 9.53 Å². The van der Waals surface area contributed by atoms with Crippen molar-refractivity contribution in [2.75, 3.05) is 27.7 Å². The van der Waals surface area contributed by atoms with Gasteiger partial charge in [0.15, 0.2) is 0 Å². The summed E-state index contributed by atoms with van der Waals surface area (Å²) in [5.41, 5.74) is -0.591. The highest BCUT2D eigenvalue weighted by Crippen LogP contribution is 2.30. The smallest absolute Gasteiger partial charge is 0.325 e. The van der Waals surface area contributed by atoms with Crippen LogP contribution in [0.3, 0.4) is 0 Å². The van der Waals surface area contributed by atoms with Crippen molar-refractivity contribution in [1.82, 2.24) is 10.2 Å². The molecule has 0 spiro atoms. The Morgan fingerprint density at radius 2 is 2.18 bits per heavy atom. The van der Waals surface area contributed by atoms with Gasteiger partial charge in [-0.25, -0.2) is 0 Å². The molecule has 0 amide bonds. The number of likely N-dealkylation sites (N-methyl/N-ethyl adjacent to an activating group) is 1. The van der Waals surface area contributed by atoms with Gasteiger partial charge >= 0.3 is 5.97 Å². The van der Waals surface area contributed by atoms with Gasteiger partial charge in [-0.05, 0) is 53.1 Å². The largest absolute Gasteiger partial charge is 0.468 e. The second kappa shape index (κ2) is 5.83. The maximum Gasteiger partial charge on any atom is 0.325 e. The molecule has 1 rings (SSSR count). The Bertz CT molecular complexity index is 266. The Kier molecular flexibility index (Phi) is 4.95. The van der Waals surface area contributed by atoms with E-state index < -0.39 is 5.54 Å². The molecule has 2 unspecified atom stereocenters. The first-order valence-electron chi connectivity index (χ1n) is 6.40. The van der Waals surface area contributed by atoms with Crippen LogP contribution in [-0.4, -0.2) is 50.2 Å². The minimum absolute atomic E-state index is 0.188. The van der Waals surface area contributed by atoms with Gasteiger partial charge in [0.25, 0.3) is 0 Å². The molecule has 1 fully saturated rings. The van der Waals surface area contributed by atoms with Gasteiger partial charge in [0.2, 0.25) is 0 Å². The summed E-state index contributed by atoms with van der Waals surface area (Å²) in [6.45, 7) is 5.21. The maximum absolute atomic E-state index is 11.8. The number of nitrogens with zero attached hydrogens (tertiary/aromatic N) is 1. The van der Waals surface area contributed by atoms with Crippen LogP contribution in [0, 0.1) is 5.92 Å². The Morgan fingerprint density at radius 3 is 2.59 bits per heavy atom. The quantitative estimate of drug-likeness (QED) is 0.682. The van der Waals surface area contributed by atoms with Crippen molar-refractivity contribution in [3.8, 4) is 0 Å². The zero-order chi connectivity index (χ0) is 13.1. The van der Waals surface area contributed by atoms with Gasteiger partial charge in [-0.2, -0.15) is 0 Å². The zero-order valence-electron chi connectivity index (χ0n) is 11.7. The lowest BCUT2D eigenvalue weighted by molar-refractivity contribution is -0.148. The molecule has 4 heteroatoms. The minimum Gasteiger partial charge on any atom is -0.468 e. The lowest BCUT2D eigenvalue weighted by Crippen LogP contribution is -2.52. The van der Waals surface area contributed by atoms with Gasteiger partial charge in [0.05, 0.1) is 7.11 Å². The van der Waals surface area contributed by atoms with Crippen molar-refractivity contribution in [2.45, 2.75) is 44.7 Å². The molecule has 100 valence electrons. The monoisotopic (exact) mass is 242 g/mol. The minimum atomic E-state index is -0.591. The lowest BCUT2D eigenvalue weighted by Gasteiger charge is -2.33. The Balaban J connectivity index is 2.50. The van der Waals surface area contributed by atoms with E-state index in [2.05, 4.69) is 24.2 Å². The van der Waals surface area contributed by atoms with E-state index in [0.29, 0.717) is 6.04 Å². The number of carbonyl (C=O) groups is 1. The fourth-order valence-electron chi connectivity index (χ4n) is 2.15. The first-order valence-corrected chi connectivity index (χ1v) is 6.40. The molecule has 0 bridgehead atoms. The molecule has 17 heavy (non-hydrogen) atoms. The second-order valence-corrected chi connectivity index (χ2v) is 5.51. The van der Waals surface area contributed by atoms with Crippen LogP contribution in [0.1, 0.15) is 33.1 Å². The third-order valence-corrected chi connectivity index (χ3v) is 3.89. The number of hydrogen-bond donors (Lipinski definition) is 1. The summed E-state index contributed by atoms with van der Waals surface area (Å²) in [6.07, 6.45) is 3.48. The van der Waals surface area contributed by atoms with Gasteiger partial charge in [-0.1, -0.05) is 0 Å². The standard InChI is InChI=1S/C13H26N2O2/c1-10(15(4)9-11-6-7-11)8-13(2,14-3)12(16)17-5/h10-11,14H,6-9H2,1-5H3. The first kappa shape index (κ1) is 14.5. The summed E-state index contributed by atoms with van der Waals surface area (Å²) in [6, 6.07) is 0.368. The number of methoxy groups -OCH3 is 1. The molecule has 0 aromatic heterocycles. The fourth-order valence-corrected chi connectivity index (χ4v) is 2.15. The van der Waals surface area contributed by atoms with E-state index in [1.807, 2.05) is 14.0 Å². The summed E-state index contributed by atoms with van der Waals surface area (Å²) >= 11 is 0. The topological polar surface area (TPSA) is 41.6 Å². The number of rotatable bonds is 7. The third kappa shape index (κ3) is 3.96. The summed E-state index contributed by atoms with van der Waals surface area (Å²) in [5, 5.41) is 3.08. The molecule has 0 aliphatic heterocycles. The third-order valence-electron chi connectivity index (χ3n) is 3.89. The predicted octanol–water partition coefficient (Wildman–Crippen LogP) is 1.26. The summed E-state index contributed by atoms with van der Waals surface area (Å²) in [5.74, 6) is 0.688. The van der Waals surface area contributed by atoms with Gasteiger partial charge in [0, 0.05) is 12.6 Å². The molecule has 1 N–H and O–H groups in total. The van der Waals surface area contributed by atoms with Crippen LogP contribution in [0.2, 0.25) is 0 Å². The highest BCUT2D eigenvalue weighted by molar-refractivity contribution is 5.80. The SMILES string of the molecule is CNC(C)(CC(C)N(C)CC1CC1)C(=O)OC. The van der Waals surface area contributed by atoms with Crippen molar-refractivity contribution in [3.63, 3.8) is 0 Å². The number of ether oxygens (including phenoxy) is 1. The second-order valence-electron chi connectivity index (χ2n) is 5.51. The van der Waals surface area contributed by atoms with Crippen LogP contribution in [0.25, 0.3) is 0 Å². The Morgan fingerprint density at radius 1 is 1.59 bits per heavy atom. The zero-order valence-corrected chi connectivity index (χ0v) is 11.7. The number of nitrogens with one attached hydrogen (secondary N) is 1. The summed E-state index contributed by atoms with van der Waals surface area (Å²) in [7, 11) is 5.39. The van der Waals surface area contributed by atoms with Crippen LogP contribution in [0.4, 0.5) is 0 Å². The highest BCUT2D eigenvalue weighted by atomic mass is 16.5. The lowest BCUT2D eigenvalue weighted by atomic mass is 9.93. The van der Waals surface area contributed by atoms with Crippen molar-refractivity contribution in [2.24, 2.45) is 5.92 Å². The van der Waals surface area contributed by atoms with Crippen LogP contribution in [-0.2, 0) is 9.53 Å². The fraction of sp³-hybridized carbons (Fsp3) is 0.923. The van der Waals surface area contributed by atoms with Gasteiger partial charge in [-0.3, -0.25) is 4.79 Å². The van der Waals surface area contributed by atoms with E-state index in [4.69, 9.17) is 4.74 Å². The molecule has 1 aliphatic carbocycles. The molecule has 0 aromatic rings. The van der Waals surface area contributed by atoms with Gasteiger partial charge in [0.1, 0.15) is 5.54 Å². The number of esters is 1.